The predicted molar refractivity (Wildman–Crippen MR) is 145 cm³/mol. The number of amides is 2. The minimum Gasteiger partial charge on any atom is -0.493 e. The zero-order valence-corrected chi connectivity index (χ0v) is 21.3. The zero-order valence-electron chi connectivity index (χ0n) is 20.6. The number of para-hydroxylation sites is 2. The lowest BCUT2D eigenvalue weighted by atomic mass is 10.1. The molecule has 2 N–H and O–H groups in total. The van der Waals surface area contributed by atoms with Gasteiger partial charge in [0.25, 0.3) is 11.8 Å². The number of benzene rings is 4. The fourth-order valence-electron chi connectivity index (χ4n) is 3.61. The van der Waals surface area contributed by atoms with Crippen molar-refractivity contribution in [3.05, 3.63) is 124 Å². The molecule has 4 aromatic rings. The number of nitrogens with zero attached hydrogens (tertiary/aromatic N) is 1. The number of ether oxygens (including phenoxy) is 2. The van der Waals surface area contributed by atoms with Crippen LogP contribution < -0.4 is 20.2 Å². The third-order valence-electron chi connectivity index (χ3n) is 5.56. The van der Waals surface area contributed by atoms with Gasteiger partial charge in [-0.25, -0.2) is 14.2 Å². The van der Waals surface area contributed by atoms with Crippen molar-refractivity contribution in [2.24, 2.45) is 5.10 Å². The van der Waals surface area contributed by atoms with E-state index in [4.69, 9.17) is 21.1 Å². The third kappa shape index (κ3) is 6.58. The Labute approximate surface area is 228 Å². The first kappa shape index (κ1) is 27.3. The normalized spacial score (nSPS) is 10.8. The maximum atomic E-state index is 14.2. The van der Waals surface area contributed by atoms with E-state index in [2.05, 4.69) is 15.8 Å². The molecule has 0 bridgehead atoms. The summed E-state index contributed by atoms with van der Waals surface area (Å²) in [5, 5.41) is 6.77. The summed E-state index contributed by atoms with van der Waals surface area (Å²) in [6, 6.07) is 21.1. The first-order valence-corrected chi connectivity index (χ1v) is 12.0. The Kier molecular flexibility index (Phi) is 8.86. The van der Waals surface area contributed by atoms with Crippen molar-refractivity contribution in [3.8, 4) is 11.5 Å². The van der Waals surface area contributed by atoms with E-state index in [1.165, 1.54) is 61.9 Å². The molecular weight excluding hydrogens is 528 g/mol. The molecule has 2 amide bonds. The fraction of sp³-hybridized carbons (Fsp3) is 0.0690. The number of methoxy groups -OCH3 is 1. The van der Waals surface area contributed by atoms with Crippen LogP contribution in [0.2, 0.25) is 5.02 Å². The van der Waals surface area contributed by atoms with Gasteiger partial charge in [-0.05, 0) is 48.5 Å². The van der Waals surface area contributed by atoms with Gasteiger partial charge in [0.1, 0.15) is 18.2 Å². The molecule has 0 aliphatic carbocycles. The van der Waals surface area contributed by atoms with Crippen LogP contribution >= 0.6 is 11.6 Å². The van der Waals surface area contributed by atoms with Gasteiger partial charge >= 0.3 is 0 Å². The average molecular weight is 550 g/mol. The summed E-state index contributed by atoms with van der Waals surface area (Å²) in [6.07, 6.45) is 1.33. The fourth-order valence-corrected chi connectivity index (χ4v) is 3.83. The molecular formula is C29H22ClF2N3O4. The second kappa shape index (κ2) is 12.7. The van der Waals surface area contributed by atoms with Crippen LogP contribution in [0.5, 0.6) is 11.5 Å². The second-order valence-corrected chi connectivity index (χ2v) is 8.45. The molecule has 4 aromatic carbocycles. The van der Waals surface area contributed by atoms with E-state index < -0.39 is 23.4 Å². The van der Waals surface area contributed by atoms with Crippen LogP contribution in [0.3, 0.4) is 0 Å². The molecule has 198 valence electrons. The van der Waals surface area contributed by atoms with E-state index in [0.29, 0.717) is 11.3 Å². The van der Waals surface area contributed by atoms with Crippen LogP contribution in [-0.2, 0) is 6.61 Å². The number of carbonyl (C=O) groups is 2. The maximum Gasteiger partial charge on any atom is 0.273 e. The molecule has 7 nitrogen and oxygen atoms in total. The quantitative estimate of drug-likeness (QED) is 0.191. The van der Waals surface area contributed by atoms with Crippen molar-refractivity contribution in [2.75, 3.05) is 12.4 Å². The predicted octanol–water partition coefficient (Wildman–Crippen LogP) is 6.22. The number of hydrazone groups is 1. The number of anilines is 1. The molecule has 0 fully saturated rings. The van der Waals surface area contributed by atoms with Gasteiger partial charge in [0.05, 0.1) is 35.2 Å². The van der Waals surface area contributed by atoms with Gasteiger partial charge in [0.15, 0.2) is 11.5 Å². The van der Waals surface area contributed by atoms with Crippen molar-refractivity contribution < 1.29 is 27.8 Å². The highest BCUT2D eigenvalue weighted by Gasteiger charge is 2.17. The third-order valence-corrected chi connectivity index (χ3v) is 5.91. The average Bonchev–Trinajstić information content (AvgIpc) is 2.93. The monoisotopic (exact) mass is 549 g/mol. The zero-order chi connectivity index (χ0) is 27.8. The molecule has 0 spiro atoms. The van der Waals surface area contributed by atoms with Crippen LogP contribution in [0, 0.1) is 11.6 Å². The highest BCUT2D eigenvalue weighted by atomic mass is 35.5. The maximum absolute atomic E-state index is 14.2. The van der Waals surface area contributed by atoms with Gasteiger partial charge in [-0.3, -0.25) is 9.59 Å². The Bertz CT molecular complexity index is 1520. The van der Waals surface area contributed by atoms with Crippen LogP contribution in [0.4, 0.5) is 14.5 Å². The van der Waals surface area contributed by atoms with Gasteiger partial charge < -0.3 is 14.8 Å². The first-order valence-electron chi connectivity index (χ1n) is 11.6. The summed E-state index contributed by atoms with van der Waals surface area (Å²) < 4.78 is 39.4. The Morgan fingerprint density at radius 2 is 1.56 bits per heavy atom. The lowest BCUT2D eigenvalue weighted by molar-refractivity contribution is 0.0956. The number of halogens is 3. The number of hydrogen-bond acceptors (Lipinski definition) is 5. The van der Waals surface area contributed by atoms with E-state index in [-0.39, 0.29) is 39.8 Å². The Morgan fingerprint density at radius 3 is 2.31 bits per heavy atom. The van der Waals surface area contributed by atoms with Gasteiger partial charge in [-0.15, -0.1) is 0 Å². The molecule has 0 aliphatic rings. The van der Waals surface area contributed by atoms with Crippen molar-refractivity contribution >= 4 is 35.3 Å². The van der Waals surface area contributed by atoms with E-state index in [0.717, 1.165) is 0 Å². The lowest BCUT2D eigenvalue weighted by Crippen LogP contribution is -2.21. The van der Waals surface area contributed by atoms with Crippen molar-refractivity contribution in [3.63, 3.8) is 0 Å². The number of carbonyl (C=O) groups excluding carboxylic acids is 2. The van der Waals surface area contributed by atoms with Gasteiger partial charge in [0.2, 0.25) is 0 Å². The van der Waals surface area contributed by atoms with Crippen LogP contribution in [-0.4, -0.2) is 25.1 Å². The number of nitrogens with one attached hydrogen (secondary N) is 2. The van der Waals surface area contributed by atoms with Crippen molar-refractivity contribution in [1.82, 2.24) is 5.43 Å². The standard InChI is InChI=1S/C29H22ClF2N3O4/c1-38-26-15-6-8-18(27(26)39-17-21-22(30)11-7-13-24(21)32)16-33-35-29(37)20-10-3-5-14-25(20)34-28(36)19-9-2-4-12-23(19)31/h2-16H,17H2,1H3,(H,34,36)(H,35,37)/b33-16-. The van der Waals surface area contributed by atoms with Crippen LogP contribution in [0.15, 0.2) is 90.0 Å². The second-order valence-electron chi connectivity index (χ2n) is 8.05. The summed E-state index contributed by atoms with van der Waals surface area (Å²) in [4.78, 5) is 25.4. The van der Waals surface area contributed by atoms with Gasteiger partial charge in [-0.1, -0.05) is 48.0 Å². The van der Waals surface area contributed by atoms with Gasteiger partial charge in [-0.2, -0.15) is 5.10 Å². The Balaban J connectivity index is 1.50. The molecule has 0 heterocycles. The SMILES string of the molecule is COc1cccc(/C=N\NC(=O)c2ccccc2NC(=O)c2ccccc2F)c1OCc1c(F)cccc1Cl. The van der Waals surface area contributed by atoms with Crippen LogP contribution in [0.1, 0.15) is 31.8 Å². The van der Waals surface area contributed by atoms with Crippen molar-refractivity contribution in [2.45, 2.75) is 6.61 Å². The molecule has 0 atom stereocenters. The van der Waals surface area contributed by atoms with E-state index >= 15 is 0 Å². The summed E-state index contributed by atoms with van der Waals surface area (Å²) in [5.74, 6) is -1.91. The molecule has 0 saturated heterocycles. The summed E-state index contributed by atoms with van der Waals surface area (Å²) in [7, 11) is 1.45. The minimum absolute atomic E-state index is 0.107. The smallest absolute Gasteiger partial charge is 0.273 e. The van der Waals surface area contributed by atoms with Gasteiger partial charge in [0, 0.05) is 11.1 Å². The molecule has 4 rings (SSSR count). The van der Waals surface area contributed by atoms with Crippen LogP contribution in [0.25, 0.3) is 0 Å². The summed E-state index contributed by atoms with van der Waals surface area (Å²) >= 11 is 6.10. The highest BCUT2D eigenvalue weighted by molar-refractivity contribution is 6.31. The van der Waals surface area contributed by atoms with E-state index in [9.17, 15) is 18.4 Å². The Morgan fingerprint density at radius 1 is 0.872 bits per heavy atom. The molecule has 0 aliphatic heterocycles. The molecule has 0 saturated carbocycles. The topological polar surface area (TPSA) is 89.0 Å². The molecule has 0 unspecified atom stereocenters. The van der Waals surface area contributed by atoms with E-state index in [1.54, 1.807) is 36.4 Å². The lowest BCUT2D eigenvalue weighted by Gasteiger charge is -2.14. The largest absolute Gasteiger partial charge is 0.493 e. The number of hydrogen-bond donors (Lipinski definition) is 2. The minimum atomic E-state index is -0.704. The highest BCUT2D eigenvalue weighted by Crippen LogP contribution is 2.32. The summed E-state index contributed by atoms with van der Waals surface area (Å²) in [6.45, 7) is -0.172. The number of rotatable bonds is 9. The summed E-state index contributed by atoms with van der Waals surface area (Å²) in [5.41, 5.74) is 3.13. The molecule has 39 heavy (non-hydrogen) atoms. The van der Waals surface area contributed by atoms with Crippen molar-refractivity contribution in [1.29, 1.82) is 0 Å². The molecule has 0 radical (unpaired) electrons. The Hall–Kier alpha value is -4.76. The van der Waals surface area contributed by atoms with E-state index in [1.807, 2.05) is 0 Å². The molecule has 0 aromatic heterocycles. The molecule has 10 heteroatoms. The first-order chi connectivity index (χ1) is 18.9.